The van der Waals surface area contributed by atoms with Crippen LogP contribution >= 0.6 is 0 Å². The molecule has 3 heteroatoms. The number of hydrogen-bond donors (Lipinski definition) is 1. The van der Waals surface area contributed by atoms with Gasteiger partial charge >= 0.3 is 0 Å². The van der Waals surface area contributed by atoms with Gasteiger partial charge in [-0.05, 0) is 0 Å². The highest BCUT2D eigenvalue weighted by atomic mass is 16.5. The van der Waals surface area contributed by atoms with E-state index in [1.54, 1.807) is 0 Å². The Morgan fingerprint density at radius 3 is 2.55 bits per heavy atom. The molecule has 0 atom stereocenters. The molecular weight excluding hydrogens is 144 g/mol. The summed E-state index contributed by atoms with van der Waals surface area (Å²) < 4.78 is 4.88. The van der Waals surface area contributed by atoms with Crippen molar-refractivity contribution in [2.45, 2.75) is 19.8 Å². The number of aromatic hydroxyl groups is 1. The van der Waals surface area contributed by atoms with E-state index in [4.69, 9.17) is 9.52 Å². The van der Waals surface area contributed by atoms with Gasteiger partial charge in [0.1, 0.15) is 5.76 Å². The molecule has 0 aliphatic heterocycles. The summed E-state index contributed by atoms with van der Waals surface area (Å²) in [5.41, 5.74) is -0.225. The molecule has 0 saturated heterocycles. The van der Waals surface area contributed by atoms with Crippen LogP contribution in [0.3, 0.4) is 0 Å². The summed E-state index contributed by atoms with van der Waals surface area (Å²) in [6, 6.07) is 2.43. The van der Waals surface area contributed by atoms with Gasteiger partial charge in [-0.1, -0.05) is 13.8 Å². The molecule has 0 amide bonds. The van der Waals surface area contributed by atoms with E-state index in [1.807, 2.05) is 13.8 Å². The zero-order valence-corrected chi connectivity index (χ0v) is 6.50. The second-order valence-electron chi connectivity index (χ2n) is 2.69. The Balaban J connectivity index is 3.19. The second-order valence-corrected chi connectivity index (χ2v) is 2.69. The highest BCUT2D eigenvalue weighted by molar-refractivity contribution is 5.11. The van der Waals surface area contributed by atoms with Gasteiger partial charge in [0.25, 0.3) is 5.95 Å². The number of rotatable bonds is 1. The average molecular weight is 154 g/mol. The molecule has 0 bridgehead atoms. The first-order chi connectivity index (χ1) is 5.09. The predicted molar refractivity (Wildman–Crippen MR) is 40.7 cm³/mol. The van der Waals surface area contributed by atoms with Gasteiger partial charge < -0.3 is 9.52 Å². The molecule has 0 saturated carbocycles. The normalized spacial score (nSPS) is 10.5. The minimum atomic E-state index is -0.318. The third-order valence-electron chi connectivity index (χ3n) is 1.34. The predicted octanol–water partition coefficient (Wildman–Crippen LogP) is 1.47. The van der Waals surface area contributed by atoms with Gasteiger partial charge in [-0.15, -0.1) is 0 Å². The summed E-state index contributed by atoms with van der Waals surface area (Å²) in [5, 5.41) is 8.88. The van der Waals surface area contributed by atoms with Gasteiger partial charge in [0.2, 0.25) is 0 Å². The van der Waals surface area contributed by atoms with Crippen molar-refractivity contribution in [2.24, 2.45) is 0 Å². The molecule has 0 fully saturated rings. The molecule has 1 rings (SSSR count). The van der Waals surface area contributed by atoms with E-state index in [2.05, 4.69) is 0 Å². The maximum absolute atomic E-state index is 10.8. The van der Waals surface area contributed by atoms with Crippen molar-refractivity contribution in [3.8, 4) is 5.95 Å². The van der Waals surface area contributed by atoms with E-state index in [0.717, 1.165) is 6.07 Å². The molecule has 60 valence electrons. The minimum Gasteiger partial charge on any atom is -0.481 e. The lowest BCUT2D eigenvalue weighted by molar-refractivity contribution is 0.301. The van der Waals surface area contributed by atoms with E-state index in [-0.39, 0.29) is 17.3 Å². The molecule has 1 heterocycles. The Labute approximate surface area is 64.3 Å². The summed E-state index contributed by atoms with van der Waals surface area (Å²) in [4.78, 5) is 10.8. The van der Waals surface area contributed by atoms with Crippen molar-refractivity contribution >= 4 is 0 Å². The number of hydrogen-bond acceptors (Lipinski definition) is 3. The van der Waals surface area contributed by atoms with Crippen molar-refractivity contribution in [1.82, 2.24) is 0 Å². The van der Waals surface area contributed by atoms with E-state index in [9.17, 15) is 4.79 Å². The quantitative estimate of drug-likeness (QED) is 0.666. The zero-order chi connectivity index (χ0) is 8.43. The van der Waals surface area contributed by atoms with Crippen LogP contribution in [-0.4, -0.2) is 5.11 Å². The monoisotopic (exact) mass is 154 g/mol. The first-order valence-electron chi connectivity index (χ1n) is 3.43. The smallest absolute Gasteiger partial charge is 0.285 e. The lowest BCUT2D eigenvalue weighted by Gasteiger charge is -2.01. The Bertz CT molecular complexity index is 298. The van der Waals surface area contributed by atoms with Gasteiger partial charge in [0, 0.05) is 12.0 Å². The Hall–Kier alpha value is -1.25. The molecule has 1 N–H and O–H groups in total. The van der Waals surface area contributed by atoms with Gasteiger partial charge in [0.05, 0.1) is 6.07 Å². The lowest BCUT2D eigenvalue weighted by Crippen LogP contribution is -1.99. The Morgan fingerprint density at radius 1 is 1.45 bits per heavy atom. The van der Waals surface area contributed by atoms with Gasteiger partial charge in [-0.2, -0.15) is 0 Å². The van der Waals surface area contributed by atoms with Crippen LogP contribution in [0.1, 0.15) is 25.5 Å². The van der Waals surface area contributed by atoms with Crippen molar-refractivity contribution < 1.29 is 9.52 Å². The molecule has 0 aliphatic rings. The highest BCUT2D eigenvalue weighted by Crippen LogP contribution is 2.16. The van der Waals surface area contributed by atoms with Crippen LogP contribution in [0.25, 0.3) is 0 Å². The largest absolute Gasteiger partial charge is 0.481 e. The summed E-state index contributed by atoms with van der Waals surface area (Å²) in [6.07, 6.45) is 0. The molecule has 0 unspecified atom stereocenters. The highest BCUT2D eigenvalue weighted by Gasteiger charge is 2.03. The van der Waals surface area contributed by atoms with Gasteiger partial charge in [0.15, 0.2) is 5.43 Å². The van der Waals surface area contributed by atoms with Crippen LogP contribution in [0.5, 0.6) is 5.95 Å². The molecule has 1 aromatic rings. The second kappa shape index (κ2) is 2.78. The fourth-order valence-corrected chi connectivity index (χ4v) is 0.768. The van der Waals surface area contributed by atoms with Crippen molar-refractivity contribution in [3.63, 3.8) is 0 Å². The summed E-state index contributed by atoms with van der Waals surface area (Å²) >= 11 is 0. The fourth-order valence-electron chi connectivity index (χ4n) is 0.768. The molecule has 0 radical (unpaired) electrons. The Morgan fingerprint density at radius 2 is 2.09 bits per heavy atom. The van der Waals surface area contributed by atoms with Crippen molar-refractivity contribution in [2.75, 3.05) is 0 Å². The fraction of sp³-hybridized carbons (Fsp3) is 0.375. The summed E-state index contributed by atoms with van der Waals surface area (Å²) in [7, 11) is 0. The van der Waals surface area contributed by atoms with Crippen LogP contribution in [0, 0.1) is 0 Å². The molecule has 0 aliphatic carbocycles. The van der Waals surface area contributed by atoms with E-state index in [0.29, 0.717) is 5.76 Å². The minimum absolute atomic E-state index is 0.120. The topological polar surface area (TPSA) is 50.4 Å². The molecular formula is C8H10O3. The molecule has 1 aromatic heterocycles. The average Bonchev–Trinajstić information content (AvgIpc) is 1.85. The lowest BCUT2D eigenvalue weighted by atomic mass is 10.1. The van der Waals surface area contributed by atoms with Crippen LogP contribution < -0.4 is 5.43 Å². The summed E-state index contributed by atoms with van der Waals surface area (Å²) in [6.45, 7) is 3.77. The van der Waals surface area contributed by atoms with Crippen LogP contribution in [0.2, 0.25) is 0 Å². The van der Waals surface area contributed by atoms with Crippen molar-refractivity contribution in [3.05, 3.63) is 28.1 Å². The van der Waals surface area contributed by atoms with Crippen LogP contribution in [-0.2, 0) is 0 Å². The zero-order valence-electron chi connectivity index (χ0n) is 6.50. The third-order valence-corrected chi connectivity index (χ3v) is 1.34. The van der Waals surface area contributed by atoms with Gasteiger partial charge in [-0.25, -0.2) is 0 Å². The van der Waals surface area contributed by atoms with E-state index < -0.39 is 0 Å². The molecule has 0 spiro atoms. The summed E-state index contributed by atoms with van der Waals surface area (Å²) in [5.74, 6) is 0.311. The first-order valence-corrected chi connectivity index (χ1v) is 3.43. The maximum atomic E-state index is 10.8. The Kier molecular flexibility index (Phi) is 1.98. The van der Waals surface area contributed by atoms with Gasteiger partial charge in [-0.3, -0.25) is 4.79 Å². The maximum Gasteiger partial charge on any atom is 0.285 e. The van der Waals surface area contributed by atoms with E-state index >= 15 is 0 Å². The third kappa shape index (κ3) is 1.83. The van der Waals surface area contributed by atoms with Crippen LogP contribution in [0.4, 0.5) is 0 Å². The van der Waals surface area contributed by atoms with Crippen LogP contribution in [0.15, 0.2) is 21.3 Å². The first kappa shape index (κ1) is 7.85. The molecule has 11 heavy (non-hydrogen) atoms. The standard InChI is InChI=1S/C8H10O3/c1-5(2)7-3-6(9)4-8(10)11-7/h3-5,10H,1-2H3. The molecule has 0 aromatic carbocycles. The SMILES string of the molecule is CC(C)c1cc(=O)cc(O)o1. The van der Waals surface area contributed by atoms with Crippen molar-refractivity contribution in [1.29, 1.82) is 0 Å². The molecule has 3 nitrogen and oxygen atoms in total. The van der Waals surface area contributed by atoms with E-state index in [1.165, 1.54) is 6.07 Å².